The molecule has 0 aromatic rings. The number of nitrogens with one attached hydrogen (secondary N) is 1. The van der Waals surface area contributed by atoms with E-state index in [2.05, 4.69) is 12.2 Å². The maximum Gasteiger partial charge on any atom is 0.0458 e. The van der Waals surface area contributed by atoms with Crippen LogP contribution < -0.4 is 5.32 Å². The van der Waals surface area contributed by atoms with Crippen LogP contribution in [0, 0.1) is 0 Å². The molecular weight excluding hydrogens is 158 g/mol. The van der Waals surface area contributed by atoms with Gasteiger partial charge in [0.15, 0.2) is 0 Å². The summed E-state index contributed by atoms with van der Waals surface area (Å²) in [7, 11) is 0. The monoisotopic (exact) mass is 175 g/mol. The molecule has 0 bridgehead atoms. The van der Waals surface area contributed by atoms with Crippen molar-refractivity contribution in [2.24, 2.45) is 0 Å². The molecule has 0 aromatic carbocycles. The predicted octanol–water partition coefficient (Wildman–Crippen LogP) is 2.53. The number of halogens is 1. The first kappa shape index (κ1) is 9.34. The molecule has 1 aliphatic carbocycles. The van der Waals surface area contributed by atoms with Gasteiger partial charge in [0.1, 0.15) is 0 Å². The van der Waals surface area contributed by atoms with Crippen LogP contribution in [0.4, 0.5) is 0 Å². The van der Waals surface area contributed by atoms with Gasteiger partial charge in [0.2, 0.25) is 0 Å². The minimum Gasteiger partial charge on any atom is -0.310 e. The fourth-order valence-corrected chi connectivity index (χ4v) is 1.67. The van der Waals surface area contributed by atoms with Crippen molar-refractivity contribution in [3.63, 3.8) is 0 Å². The molecule has 1 aliphatic rings. The zero-order valence-electron chi connectivity index (χ0n) is 7.44. The van der Waals surface area contributed by atoms with Crippen LogP contribution in [0.1, 0.15) is 39.5 Å². The normalized spacial score (nSPS) is 25.4. The largest absolute Gasteiger partial charge is 0.310 e. The molecule has 0 aromatic heterocycles. The van der Waals surface area contributed by atoms with Crippen LogP contribution >= 0.6 is 11.6 Å². The van der Waals surface area contributed by atoms with E-state index < -0.39 is 0 Å². The van der Waals surface area contributed by atoms with Gasteiger partial charge in [0.25, 0.3) is 0 Å². The molecule has 1 N–H and O–H groups in total. The lowest BCUT2D eigenvalue weighted by Gasteiger charge is -2.20. The van der Waals surface area contributed by atoms with Crippen molar-refractivity contribution >= 4 is 11.6 Å². The summed E-state index contributed by atoms with van der Waals surface area (Å²) in [5.74, 6) is 0. The van der Waals surface area contributed by atoms with Crippen molar-refractivity contribution in [2.75, 3.05) is 0 Å². The third kappa shape index (κ3) is 3.00. The van der Waals surface area contributed by atoms with Crippen LogP contribution in [0.15, 0.2) is 0 Å². The van der Waals surface area contributed by atoms with Crippen LogP contribution in [0.5, 0.6) is 0 Å². The molecule has 66 valence electrons. The molecule has 1 nitrogen and oxygen atoms in total. The molecule has 0 amide bonds. The Balaban J connectivity index is 2.18. The Labute approximate surface area is 74.5 Å². The Morgan fingerprint density at radius 1 is 1.27 bits per heavy atom. The first-order valence-corrected chi connectivity index (χ1v) is 5.04. The second-order valence-electron chi connectivity index (χ2n) is 3.61. The minimum absolute atomic E-state index is 0.246. The maximum absolute atomic E-state index is 5.94. The molecule has 2 atom stereocenters. The number of hydrogen-bond acceptors (Lipinski definition) is 1. The molecule has 1 fully saturated rings. The van der Waals surface area contributed by atoms with E-state index in [1.165, 1.54) is 25.7 Å². The summed E-state index contributed by atoms with van der Waals surface area (Å²) in [5.41, 5.74) is 0. The fraction of sp³-hybridized carbons (Fsp3) is 1.00. The van der Waals surface area contributed by atoms with Crippen molar-refractivity contribution in [3.05, 3.63) is 0 Å². The number of hydrogen-bond donors (Lipinski definition) is 1. The SMILES string of the molecule is CC(Cl)C(C)NC1CCCC1. The summed E-state index contributed by atoms with van der Waals surface area (Å²) in [4.78, 5) is 0. The van der Waals surface area contributed by atoms with Crippen molar-refractivity contribution in [2.45, 2.75) is 57.0 Å². The van der Waals surface area contributed by atoms with Gasteiger partial charge in [0.05, 0.1) is 0 Å². The zero-order valence-corrected chi connectivity index (χ0v) is 8.19. The van der Waals surface area contributed by atoms with E-state index >= 15 is 0 Å². The topological polar surface area (TPSA) is 12.0 Å². The second-order valence-corrected chi connectivity index (χ2v) is 4.30. The quantitative estimate of drug-likeness (QED) is 0.651. The van der Waals surface area contributed by atoms with Gasteiger partial charge in [-0.2, -0.15) is 0 Å². The average Bonchev–Trinajstić information content (AvgIpc) is 2.39. The molecule has 0 spiro atoms. The molecule has 0 radical (unpaired) electrons. The Morgan fingerprint density at radius 2 is 1.82 bits per heavy atom. The molecule has 1 saturated carbocycles. The summed E-state index contributed by atoms with van der Waals surface area (Å²) in [6, 6.07) is 1.20. The second kappa shape index (κ2) is 4.32. The molecule has 0 saturated heterocycles. The molecule has 2 heteroatoms. The first-order valence-electron chi connectivity index (χ1n) is 4.60. The van der Waals surface area contributed by atoms with Crippen molar-refractivity contribution < 1.29 is 0 Å². The zero-order chi connectivity index (χ0) is 8.27. The molecule has 0 aliphatic heterocycles. The van der Waals surface area contributed by atoms with E-state index in [-0.39, 0.29) is 5.38 Å². The Bertz CT molecular complexity index is 108. The highest BCUT2D eigenvalue weighted by Crippen LogP contribution is 2.18. The lowest BCUT2D eigenvalue weighted by molar-refractivity contribution is 0.445. The van der Waals surface area contributed by atoms with Gasteiger partial charge in [-0.05, 0) is 26.7 Å². The standard InChI is InChI=1S/C9H18ClN/c1-7(10)8(2)11-9-5-3-4-6-9/h7-9,11H,3-6H2,1-2H3. The molecule has 1 rings (SSSR count). The van der Waals surface area contributed by atoms with Gasteiger partial charge in [-0.1, -0.05) is 12.8 Å². The summed E-state index contributed by atoms with van der Waals surface area (Å²) in [5, 5.41) is 3.79. The van der Waals surface area contributed by atoms with Crippen molar-refractivity contribution in [1.82, 2.24) is 5.32 Å². The Kier molecular flexibility index (Phi) is 3.67. The third-order valence-corrected chi connectivity index (χ3v) is 2.92. The van der Waals surface area contributed by atoms with E-state index in [9.17, 15) is 0 Å². The fourth-order valence-electron chi connectivity index (χ4n) is 1.60. The van der Waals surface area contributed by atoms with Crippen LogP contribution in [-0.4, -0.2) is 17.5 Å². The molecule has 11 heavy (non-hydrogen) atoms. The summed E-state index contributed by atoms with van der Waals surface area (Å²) in [6.07, 6.45) is 5.46. The highest BCUT2D eigenvalue weighted by atomic mass is 35.5. The van der Waals surface area contributed by atoms with Gasteiger partial charge in [-0.3, -0.25) is 0 Å². The Morgan fingerprint density at radius 3 is 2.27 bits per heavy atom. The van der Waals surface area contributed by atoms with Gasteiger partial charge >= 0.3 is 0 Å². The number of rotatable bonds is 3. The highest BCUT2D eigenvalue weighted by Gasteiger charge is 2.18. The Hall–Kier alpha value is 0.250. The maximum atomic E-state index is 5.94. The molecule has 0 heterocycles. The smallest absolute Gasteiger partial charge is 0.0458 e. The molecular formula is C9H18ClN. The molecule has 2 unspecified atom stereocenters. The van der Waals surface area contributed by atoms with Crippen LogP contribution in [-0.2, 0) is 0 Å². The van der Waals surface area contributed by atoms with Crippen molar-refractivity contribution in [1.29, 1.82) is 0 Å². The predicted molar refractivity (Wildman–Crippen MR) is 50.2 cm³/mol. The highest BCUT2D eigenvalue weighted by molar-refractivity contribution is 6.20. The summed E-state index contributed by atoms with van der Waals surface area (Å²) in [6.45, 7) is 4.21. The third-order valence-electron chi connectivity index (χ3n) is 2.54. The van der Waals surface area contributed by atoms with Gasteiger partial charge < -0.3 is 5.32 Å². The van der Waals surface area contributed by atoms with E-state index in [1.54, 1.807) is 0 Å². The number of alkyl halides is 1. The average molecular weight is 176 g/mol. The van der Waals surface area contributed by atoms with Gasteiger partial charge in [-0.25, -0.2) is 0 Å². The van der Waals surface area contributed by atoms with E-state index in [4.69, 9.17) is 11.6 Å². The van der Waals surface area contributed by atoms with Crippen LogP contribution in [0.2, 0.25) is 0 Å². The summed E-state index contributed by atoms with van der Waals surface area (Å²) < 4.78 is 0. The minimum atomic E-state index is 0.246. The van der Waals surface area contributed by atoms with Crippen LogP contribution in [0.3, 0.4) is 0 Å². The summed E-state index contributed by atoms with van der Waals surface area (Å²) >= 11 is 5.94. The van der Waals surface area contributed by atoms with Crippen LogP contribution in [0.25, 0.3) is 0 Å². The lowest BCUT2D eigenvalue weighted by Crippen LogP contribution is -2.39. The van der Waals surface area contributed by atoms with E-state index in [1.807, 2.05) is 6.92 Å². The first-order chi connectivity index (χ1) is 5.20. The van der Waals surface area contributed by atoms with E-state index in [0.717, 1.165) is 6.04 Å². The van der Waals surface area contributed by atoms with Gasteiger partial charge in [-0.15, -0.1) is 11.6 Å². The van der Waals surface area contributed by atoms with Crippen molar-refractivity contribution in [3.8, 4) is 0 Å². The van der Waals surface area contributed by atoms with E-state index in [0.29, 0.717) is 6.04 Å². The van der Waals surface area contributed by atoms with Gasteiger partial charge in [0, 0.05) is 17.5 Å². The lowest BCUT2D eigenvalue weighted by atomic mass is 10.2.